The molecule has 3 atom stereocenters. The van der Waals surface area contributed by atoms with Crippen LogP contribution in [-0.4, -0.2) is 35.8 Å². The van der Waals surface area contributed by atoms with Crippen molar-refractivity contribution in [3.63, 3.8) is 0 Å². The summed E-state index contributed by atoms with van der Waals surface area (Å²) in [5, 5.41) is 0. The molecule has 2 aliphatic heterocycles. The van der Waals surface area contributed by atoms with E-state index >= 15 is 0 Å². The zero-order valence-corrected chi connectivity index (χ0v) is 10.4. The lowest BCUT2D eigenvalue weighted by atomic mass is 10.0. The monoisotopic (exact) mass is 247 g/mol. The topological polar surface area (TPSA) is 42.1 Å². The van der Waals surface area contributed by atoms with Crippen LogP contribution in [0.25, 0.3) is 0 Å². The van der Waals surface area contributed by atoms with Gasteiger partial charge in [0, 0.05) is 6.54 Å². The van der Waals surface area contributed by atoms with Crippen LogP contribution in [0.5, 0.6) is 0 Å². The van der Waals surface area contributed by atoms with Gasteiger partial charge in [-0.25, -0.2) is 4.79 Å². The Balaban J connectivity index is 1.55. The second-order valence-corrected chi connectivity index (χ2v) is 4.90. The van der Waals surface area contributed by atoms with Gasteiger partial charge in [-0.1, -0.05) is 30.3 Å². The van der Waals surface area contributed by atoms with Crippen LogP contribution in [-0.2, 0) is 16.1 Å². The van der Waals surface area contributed by atoms with Crippen molar-refractivity contribution in [3.05, 3.63) is 35.9 Å². The van der Waals surface area contributed by atoms with Gasteiger partial charge in [0.15, 0.2) is 0 Å². The van der Waals surface area contributed by atoms with Gasteiger partial charge in [-0.05, 0) is 18.9 Å². The number of hydrogen-bond acceptors (Lipinski definition) is 3. The van der Waals surface area contributed by atoms with E-state index in [0.717, 1.165) is 18.5 Å². The van der Waals surface area contributed by atoms with Crippen molar-refractivity contribution in [1.29, 1.82) is 0 Å². The van der Waals surface area contributed by atoms with Crippen molar-refractivity contribution in [2.45, 2.75) is 38.2 Å². The van der Waals surface area contributed by atoms with Gasteiger partial charge < -0.3 is 14.4 Å². The molecule has 1 aromatic rings. The highest BCUT2D eigenvalue weighted by Crippen LogP contribution is 2.35. The zero-order valence-electron chi connectivity index (χ0n) is 10.4. The molecule has 0 saturated carbocycles. The first-order valence-electron chi connectivity index (χ1n) is 6.38. The van der Waals surface area contributed by atoms with Gasteiger partial charge >= 0.3 is 6.09 Å². The van der Waals surface area contributed by atoms with Crippen LogP contribution in [0, 0.1) is 0 Å². The van der Waals surface area contributed by atoms with E-state index in [2.05, 4.69) is 0 Å². The van der Waals surface area contributed by atoms with Crippen molar-refractivity contribution in [1.82, 2.24) is 4.90 Å². The molecule has 2 heterocycles. The number of amides is 1. The van der Waals surface area contributed by atoms with Gasteiger partial charge in [0.2, 0.25) is 0 Å². The van der Waals surface area contributed by atoms with Crippen molar-refractivity contribution in [2.75, 3.05) is 6.54 Å². The summed E-state index contributed by atoms with van der Waals surface area (Å²) in [5.74, 6) is 0. The molecule has 2 saturated heterocycles. The van der Waals surface area contributed by atoms with Crippen LogP contribution in [0.1, 0.15) is 18.9 Å². The summed E-state index contributed by atoms with van der Waals surface area (Å²) in [7, 11) is 0. The predicted octanol–water partition coefficient (Wildman–Crippen LogP) is 2.18. The minimum Gasteiger partial charge on any atom is -0.445 e. The van der Waals surface area contributed by atoms with E-state index in [4.69, 9.17) is 9.47 Å². The van der Waals surface area contributed by atoms with Crippen LogP contribution < -0.4 is 0 Å². The average Bonchev–Trinajstić information content (AvgIpc) is 3.18. The Labute approximate surface area is 106 Å². The van der Waals surface area contributed by atoms with Crippen molar-refractivity contribution < 1.29 is 14.3 Å². The van der Waals surface area contributed by atoms with E-state index in [1.807, 2.05) is 37.3 Å². The Bertz CT molecular complexity index is 434. The van der Waals surface area contributed by atoms with E-state index in [0.29, 0.717) is 12.7 Å². The fourth-order valence-corrected chi connectivity index (χ4v) is 2.52. The first kappa shape index (κ1) is 11.5. The molecule has 2 fully saturated rings. The van der Waals surface area contributed by atoms with Crippen LogP contribution >= 0.6 is 0 Å². The molecule has 0 bridgehead atoms. The van der Waals surface area contributed by atoms with Gasteiger partial charge in [0.25, 0.3) is 0 Å². The second kappa shape index (κ2) is 4.61. The molecular weight excluding hydrogens is 230 g/mol. The van der Waals surface area contributed by atoms with E-state index in [-0.39, 0.29) is 18.2 Å². The minimum atomic E-state index is -0.236. The number of rotatable bonds is 2. The summed E-state index contributed by atoms with van der Waals surface area (Å²) < 4.78 is 10.8. The first-order chi connectivity index (χ1) is 8.75. The molecule has 4 heteroatoms. The Morgan fingerprint density at radius 2 is 2.22 bits per heavy atom. The molecule has 18 heavy (non-hydrogen) atoms. The molecule has 1 amide bonds. The van der Waals surface area contributed by atoms with Crippen LogP contribution in [0.15, 0.2) is 30.3 Å². The Morgan fingerprint density at radius 1 is 1.44 bits per heavy atom. The van der Waals surface area contributed by atoms with Gasteiger partial charge in [0.05, 0.1) is 12.1 Å². The molecule has 3 rings (SSSR count). The second-order valence-electron chi connectivity index (χ2n) is 4.90. The third kappa shape index (κ3) is 2.20. The Kier molecular flexibility index (Phi) is 2.96. The SMILES string of the molecule is CC1C2OC2CCN1C(=O)OCc1ccccc1. The highest BCUT2D eigenvalue weighted by Gasteiger charge is 2.50. The molecule has 0 N–H and O–H groups in total. The normalized spacial score (nSPS) is 29.6. The molecule has 0 aromatic heterocycles. The van der Waals surface area contributed by atoms with Gasteiger partial charge in [-0.15, -0.1) is 0 Å². The fraction of sp³-hybridized carbons (Fsp3) is 0.500. The van der Waals surface area contributed by atoms with Gasteiger partial charge in [0.1, 0.15) is 12.7 Å². The quantitative estimate of drug-likeness (QED) is 0.752. The number of nitrogens with zero attached hydrogens (tertiary/aromatic N) is 1. The lowest BCUT2D eigenvalue weighted by Gasteiger charge is -2.30. The number of fused-ring (bicyclic) bond motifs is 1. The third-order valence-electron chi connectivity index (χ3n) is 3.68. The van der Waals surface area contributed by atoms with E-state index in [1.165, 1.54) is 0 Å². The number of carbonyl (C=O) groups is 1. The van der Waals surface area contributed by atoms with Crippen molar-refractivity contribution in [2.24, 2.45) is 0 Å². The average molecular weight is 247 g/mol. The summed E-state index contributed by atoms with van der Waals surface area (Å²) in [5.41, 5.74) is 1.01. The molecular formula is C14H17NO3. The molecule has 1 aromatic carbocycles. The number of benzene rings is 1. The van der Waals surface area contributed by atoms with E-state index in [1.54, 1.807) is 4.90 Å². The Morgan fingerprint density at radius 3 is 3.00 bits per heavy atom. The molecule has 0 spiro atoms. The van der Waals surface area contributed by atoms with Crippen molar-refractivity contribution in [3.8, 4) is 0 Å². The number of epoxide rings is 1. The number of likely N-dealkylation sites (tertiary alicyclic amines) is 1. The zero-order chi connectivity index (χ0) is 12.5. The smallest absolute Gasteiger partial charge is 0.410 e. The minimum absolute atomic E-state index is 0.132. The lowest BCUT2D eigenvalue weighted by Crippen LogP contribution is -2.46. The standard InChI is InChI=1S/C14H17NO3/c1-10-13-12(18-13)7-8-15(10)14(16)17-9-11-5-3-2-4-6-11/h2-6,10,12-13H,7-9H2,1H3. The summed E-state index contributed by atoms with van der Waals surface area (Å²) in [6.07, 6.45) is 1.29. The molecule has 0 aliphatic carbocycles. The first-order valence-corrected chi connectivity index (χ1v) is 6.38. The maximum Gasteiger partial charge on any atom is 0.410 e. The number of carbonyl (C=O) groups excluding carboxylic acids is 1. The third-order valence-corrected chi connectivity index (χ3v) is 3.68. The molecule has 2 aliphatic rings. The molecule has 4 nitrogen and oxygen atoms in total. The maximum absolute atomic E-state index is 12.0. The van der Waals surface area contributed by atoms with Crippen LogP contribution in [0.2, 0.25) is 0 Å². The predicted molar refractivity (Wildman–Crippen MR) is 66.1 cm³/mol. The highest BCUT2D eigenvalue weighted by atomic mass is 16.6. The molecule has 0 radical (unpaired) electrons. The van der Waals surface area contributed by atoms with Gasteiger partial charge in [-0.3, -0.25) is 0 Å². The van der Waals surface area contributed by atoms with Crippen LogP contribution in [0.3, 0.4) is 0 Å². The van der Waals surface area contributed by atoms with Crippen molar-refractivity contribution >= 4 is 6.09 Å². The number of ether oxygens (including phenoxy) is 2. The number of hydrogen-bond donors (Lipinski definition) is 0. The molecule has 3 unspecified atom stereocenters. The van der Waals surface area contributed by atoms with E-state index in [9.17, 15) is 4.79 Å². The summed E-state index contributed by atoms with van der Waals surface area (Å²) in [4.78, 5) is 13.8. The fourth-order valence-electron chi connectivity index (χ4n) is 2.52. The summed E-state index contributed by atoms with van der Waals surface area (Å²) >= 11 is 0. The van der Waals surface area contributed by atoms with E-state index < -0.39 is 0 Å². The van der Waals surface area contributed by atoms with Gasteiger partial charge in [-0.2, -0.15) is 0 Å². The Hall–Kier alpha value is -1.55. The summed E-state index contributed by atoms with van der Waals surface area (Å²) in [6, 6.07) is 9.86. The molecule has 96 valence electrons. The maximum atomic E-state index is 12.0. The van der Waals surface area contributed by atoms with Crippen LogP contribution in [0.4, 0.5) is 4.79 Å². The number of piperidine rings is 1. The lowest BCUT2D eigenvalue weighted by molar-refractivity contribution is 0.0755. The largest absolute Gasteiger partial charge is 0.445 e. The summed E-state index contributed by atoms with van der Waals surface area (Å²) in [6.45, 7) is 3.08. The highest BCUT2D eigenvalue weighted by molar-refractivity contribution is 5.68.